The van der Waals surface area contributed by atoms with Crippen LogP contribution in [0, 0.1) is 31.1 Å². The molecule has 2 atom stereocenters. The lowest BCUT2D eigenvalue weighted by Gasteiger charge is -2.38. The van der Waals surface area contributed by atoms with Crippen LogP contribution in [0.25, 0.3) is 0 Å². The Balaban J connectivity index is 1.40. The Morgan fingerprint density at radius 1 is 1.05 bits per heavy atom. The second-order valence-corrected chi connectivity index (χ2v) is 13.8. The number of hydrogen-bond donors (Lipinski definition) is 1. The molecule has 1 N–H and O–H groups in total. The highest BCUT2D eigenvalue weighted by Crippen LogP contribution is 2.49. The molecule has 2 saturated carbocycles. The van der Waals surface area contributed by atoms with Gasteiger partial charge in [0, 0.05) is 50.7 Å². The number of benzene rings is 1. The number of rotatable bonds is 8. The Morgan fingerprint density at radius 2 is 1.74 bits per heavy atom. The fourth-order valence-electron chi connectivity index (χ4n) is 6.59. The lowest BCUT2D eigenvalue weighted by Crippen LogP contribution is -2.36. The molecule has 0 bridgehead atoms. The molecule has 8 nitrogen and oxygen atoms in total. The van der Waals surface area contributed by atoms with Crippen LogP contribution >= 0.6 is 0 Å². The van der Waals surface area contributed by atoms with Gasteiger partial charge in [-0.2, -0.15) is 0 Å². The smallest absolute Gasteiger partial charge is 0.236 e. The van der Waals surface area contributed by atoms with E-state index in [9.17, 15) is 9.59 Å². The van der Waals surface area contributed by atoms with E-state index in [0.29, 0.717) is 37.0 Å². The largest absolute Gasteiger partial charge is 0.348 e. The first-order valence-corrected chi connectivity index (χ1v) is 14.6. The topological polar surface area (TPSA) is 83.4 Å². The standard InChI is InChI=1S/C31H46N6O2/c1-19-8-11-26(20(2)12-19)32-30(39)25-17-36(18-27(38)35(6)7)16-24(25)29-34-33-28(37(29)23-9-10-23)22-13-21(14-22)15-31(3,4)5/h8,11-12,21-25H,9-10,13-18H2,1-7H3,(H,32,39)/t21?,22?,24-,25-/m0/s1. The summed E-state index contributed by atoms with van der Waals surface area (Å²) in [5, 5.41) is 12.8. The van der Waals surface area contributed by atoms with E-state index < -0.39 is 0 Å². The lowest BCUT2D eigenvalue weighted by molar-refractivity contribution is -0.130. The van der Waals surface area contributed by atoms with Crippen molar-refractivity contribution >= 4 is 17.5 Å². The third kappa shape index (κ3) is 6.21. The molecule has 2 amide bonds. The summed E-state index contributed by atoms with van der Waals surface area (Å²) in [5.41, 5.74) is 3.41. The number of hydrogen-bond acceptors (Lipinski definition) is 5. The number of amides is 2. The van der Waals surface area contributed by atoms with Gasteiger partial charge in [0.2, 0.25) is 11.8 Å². The average Bonchev–Trinajstić information content (AvgIpc) is 3.43. The van der Waals surface area contributed by atoms with Crippen molar-refractivity contribution in [2.75, 3.05) is 39.0 Å². The highest BCUT2D eigenvalue weighted by atomic mass is 16.2. The van der Waals surface area contributed by atoms with Gasteiger partial charge in [0.1, 0.15) is 11.6 Å². The first-order chi connectivity index (χ1) is 18.4. The Labute approximate surface area is 233 Å². The molecule has 39 heavy (non-hydrogen) atoms. The molecule has 2 aromatic rings. The monoisotopic (exact) mass is 534 g/mol. The highest BCUT2D eigenvalue weighted by Gasteiger charge is 2.46. The number of likely N-dealkylation sites (N-methyl/N-ethyl adjacent to an activating group) is 1. The van der Waals surface area contributed by atoms with Gasteiger partial charge in [-0.1, -0.05) is 38.5 Å². The van der Waals surface area contributed by atoms with Crippen molar-refractivity contribution in [1.29, 1.82) is 0 Å². The molecule has 0 radical (unpaired) electrons. The zero-order valence-electron chi connectivity index (χ0n) is 24.8. The molecular weight excluding hydrogens is 488 g/mol. The number of carbonyl (C=O) groups excluding carboxylic acids is 2. The van der Waals surface area contributed by atoms with Gasteiger partial charge in [0.05, 0.1) is 12.5 Å². The molecule has 212 valence electrons. The molecule has 2 heterocycles. The summed E-state index contributed by atoms with van der Waals surface area (Å²) in [6, 6.07) is 6.53. The van der Waals surface area contributed by atoms with Crippen molar-refractivity contribution in [1.82, 2.24) is 24.6 Å². The van der Waals surface area contributed by atoms with E-state index in [2.05, 4.69) is 48.5 Å². The van der Waals surface area contributed by atoms with E-state index >= 15 is 0 Å². The Kier molecular flexibility index (Phi) is 7.61. The van der Waals surface area contributed by atoms with E-state index in [4.69, 9.17) is 10.2 Å². The number of anilines is 1. The zero-order chi connectivity index (χ0) is 28.1. The average molecular weight is 535 g/mol. The quantitative estimate of drug-likeness (QED) is 0.521. The molecule has 1 aromatic heterocycles. The predicted molar refractivity (Wildman–Crippen MR) is 154 cm³/mol. The highest BCUT2D eigenvalue weighted by molar-refractivity contribution is 5.94. The molecule has 3 aliphatic rings. The van der Waals surface area contributed by atoms with Gasteiger partial charge in [-0.25, -0.2) is 0 Å². The summed E-state index contributed by atoms with van der Waals surface area (Å²) in [4.78, 5) is 30.1. The number of aromatic nitrogens is 3. The second-order valence-electron chi connectivity index (χ2n) is 13.8. The van der Waals surface area contributed by atoms with E-state index in [0.717, 1.165) is 41.7 Å². The van der Waals surface area contributed by atoms with Gasteiger partial charge < -0.3 is 14.8 Å². The zero-order valence-corrected chi connectivity index (χ0v) is 24.8. The maximum absolute atomic E-state index is 13.8. The molecule has 8 heteroatoms. The van der Waals surface area contributed by atoms with Crippen LogP contribution in [0.1, 0.15) is 93.5 Å². The Morgan fingerprint density at radius 3 is 2.36 bits per heavy atom. The summed E-state index contributed by atoms with van der Waals surface area (Å²) in [6.07, 6.45) is 5.88. The van der Waals surface area contributed by atoms with Crippen molar-refractivity contribution in [3.05, 3.63) is 41.0 Å². The van der Waals surface area contributed by atoms with Gasteiger partial charge >= 0.3 is 0 Å². The SMILES string of the molecule is Cc1ccc(NC(=O)[C@H]2CN(CC(=O)N(C)C)C[C@@H]2c2nnc(C3CC(CC(C)(C)C)C3)n2C2CC2)c(C)c1. The number of carbonyl (C=O) groups is 2. The Hall–Kier alpha value is -2.74. The molecule has 0 unspecified atom stereocenters. The molecule has 3 fully saturated rings. The fraction of sp³-hybridized carbons (Fsp3) is 0.677. The first kappa shape index (κ1) is 27.8. The summed E-state index contributed by atoms with van der Waals surface area (Å²) < 4.78 is 2.40. The molecule has 1 aromatic carbocycles. The van der Waals surface area contributed by atoms with Crippen LogP contribution in [-0.4, -0.2) is 70.1 Å². The van der Waals surface area contributed by atoms with Gasteiger partial charge in [-0.3, -0.25) is 14.5 Å². The molecular formula is C31H46N6O2. The van der Waals surface area contributed by atoms with Crippen molar-refractivity contribution in [2.24, 2.45) is 17.3 Å². The van der Waals surface area contributed by atoms with E-state index in [1.165, 1.54) is 24.8 Å². The number of nitrogens with zero attached hydrogens (tertiary/aromatic N) is 5. The van der Waals surface area contributed by atoms with Crippen molar-refractivity contribution < 1.29 is 9.59 Å². The number of likely N-dealkylation sites (tertiary alicyclic amines) is 1. The minimum Gasteiger partial charge on any atom is -0.348 e. The van der Waals surface area contributed by atoms with Gasteiger partial charge in [-0.05, 0) is 68.9 Å². The van der Waals surface area contributed by atoms with Crippen molar-refractivity contribution in [3.8, 4) is 0 Å². The number of nitrogens with one attached hydrogen (secondary N) is 1. The van der Waals surface area contributed by atoms with Crippen molar-refractivity contribution in [3.63, 3.8) is 0 Å². The first-order valence-electron chi connectivity index (χ1n) is 14.6. The van der Waals surface area contributed by atoms with Crippen molar-refractivity contribution in [2.45, 2.75) is 84.6 Å². The molecule has 0 spiro atoms. The molecule has 1 aliphatic heterocycles. The van der Waals surface area contributed by atoms with Crippen LogP contribution in [0.3, 0.4) is 0 Å². The summed E-state index contributed by atoms with van der Waals surface area (Å²) in [7, 11) is 3.56. The minimum absolute atomic E-state index is 0.00691. The van der Waals surface area contributed by atoms with Crippen LogP contribution in [0.2, 0.25) is 0 Å². The molecule has 1 saturated heterocycles. The maximum atomic E-state index is 13.8. The fourth-order valence-corrected chi connectivity index (χ4v) is 6.59. The minimum atomic E-state index is -0.301. The number of aryl methyl sites for hydroxylation is 2. The maximum Gasteiger partial charge on any atom is 0.236 e. The normalized spacial score (nSPS) is 25.4. The van der Waals surface area contributed by atoms with Gasteiger partial charge in [0.25, 0.3) is 0 Å². The van der Waals surface area contributed by atoms with Crippen LogP contribution in [0.4, 0.5) is 5.69 Å². The van der Waals surface area contributed by atoms with Gasteiger partial charge in [-0.15, -0.1) is 10.2 Å². The Bertz CT molecular complexity index is 1220. The van der Waals surface area contributed by atoms with E-state index in [-0.39, 0.29) is 23.7 Å². The summed E-state index contributed by atoms with van der Waals surface area (Å²) in [5.74, 6) is 2.90. The van der Waals surface area contributed by atoms with Crippen LogP contribution in [-0.2, 0) is 9.59 Å². The third-order valence-electron chi connectivity index (χ3n) is 8.72. The third-order valence-corrected chi connectivity index (χ3v) is 8.72. The van der Waals surface area contributed by atoms with Crippen LogP contribution in [0.15, 0.2) is 18.2 Å². The van der Waals surface area contributed by atoms with Gasteiger partial charge in [0.15, 0.2) is 0 Å². The summed E-state index contributed by atoms with van der Waals surface area (Å²) >= 11 is 0. The van der Waals surface area contributed by atoms with Crippen LogP contribution in [0.5, 0.6) is 0 Å². The second kappa shape index (κ2) is 10.7. The molecule has 5 rings (SSSR count). The van der Waals surface area contributed by atoms with E-state index in [1.807, 2.05) is 19.1 Å². The molecule has 2 aliphatic carbocycles. The lowest BCUT2D eigenvalue weighted by atomic mass is 9.68. The summed E-state index contributed by atoms with van der Waals surface area (Å²) in [6.45, 7) is 12.5. The van der Waals surface area contributed by atoms with E-state index in [1.54, 1.807) is 19.0 Å². The predicted octanol–water partition coefficient (Wildman–Crippen LogP) is 4.90. The van der Waals surface area contributed by atoms with Crippen LogP contribution < -0.4 is 5.32 Å².